The summed E-state index contributed by atoms with van der Waals surface area (Å²) in [5.74, 6) is -1.12. The molecular formula is C4H4F2N2OS2. The smallest absolute Gasteiger partial charge is 0.213 e. The molecule has 1 atom stereocenters. The summed E-state index contributed by atoms with van der Waals surface area (Å²) < 4.78 is 41.6. The summed E-state index contributed by atoms with van der Waals surface area (Å²) in [4.78, 5) is 0. The summed E-state index contributed by atoms with van der Waals surface area (Å²) in [5.41, 5.74) is 0. The van der Waals surface area contributed by atoms with Gasteiger partial charge in [-0.1, -0.05) is 11.3 Å². The Bertz CT molecular complexity index is 350. The Balaban J connectivity index is 3.29. The van der Waals surface area contributed by atoms with Gasteiger partial charge in [0.25, 0.3) is 0 Å². The molecule has 1 aromatic heterocycles. The molecule has 1 rings (SSSR count). The Hall–Kier alpha value is -0.530. The van der Waals surface area contributed by atoms with Gasteiger partial charge >= 0.3 is 0 Å². The van der Waals surface area contributed by atoms with Crippen LogP contribution in [-0.4, -0.2) is 4.21 Å². The predicted molar refractivity (Wildman–Crippen MR) is 37.6 cm³/mol. The zero-order valence-corrected chi connectivity index (χ0v) is 6.77. The van der Waals surface area contributed by atoms with Crippen molar-refractivity contribution >= 4 is 21.3 Å². The minimum absolute atomic E-state index is 0.285. The van der Waals surface area contributed by atoms with Crippen LogP contribution in [0, 0.1) is 15.7 Å². The molecule has 0 aliphatic carbocycles. The van der Waals surface area contributed by atoms with E-state index < -0.39 is 20.9 Å². The molecule has 3 nitrogen and oxygen atoms in total. The third-order valence-corrected chi connectivity index (χ3v) is 3.32. The highest BCUT2D eigenvalue weighted by Crippen LogP contribution is 2.22. The van der Waals surface area contributed by atoms with Gasteiger partial charge in [-0.25, -0.2) is 18.5 Å². The summed E-state index contributed by atoms with van der Waals surface area (Å²) in [7, 11) is -3.47. The summed E-state index contributed by atoms with van der Waals surface area (Å²) >= 11 is 0.292. The number of nitrogens with one attached hydrogen (secondary N) is 1. The van der Waals surface area contributed by atoms with Crippen LogP contribution in [0.4, 0.5) is 8.78 Å². The molecule has 1 heterocycles. The molecule has 0 bridgehead atoms. The van der Waals surface area contributed by atoms with Crippen molar-refractivity contribution in [3.63, 3.8) is 0 Å². The average molecular weight is 198 g/mol. The van der Waals surface area contributed by atoms with E-state index in [2.05, 4.69) is 0 Å². The van der Waals surface area contributed by atoms with Crippen molar-refractivity contribution in [1.29, 1.82) is 4.78 Å². The fourth-order valence-corrected chi connectivity index (χ4v) is 1.96. The first-order valence-electron chi connectivity index (χ1n) is 2.42. The number of rotatable bonds is 1. The monoisotopic (exact) mass is 198 g/mol. The predicted octanol–water partition coefficient (Wildman–Crippen LogP) is 1.31. The van der Waals surface area contributed by atoms with E-state index in [1.165, 1.54) is 0 Å². The van der Waals surface area contributed by atoms with Crippen LogP contribution >= 0.6 is 11.3 Å². The normalized spacial score (nSPS) is 16.3. The van der Waals surface area contributed by atoms with Gasteiger partial charge in [-0.05, 0) is 0 Å². The van der Waals surface area contributed by atoms with E-state index in [-0.39, 0.29) is 4.21 Å². The van der Waals surface area contributed by atoms with Gasteiger partial charge in [0.2, 0.25) is 5.13 Å². The van der Waals surface area contributed by atoms with Crippen LogP contribution in [-0.2, 0) is 9.92 Å². The van der Waals surface area contributed by atoms with E-state index >= 15 is 0 Å². The lowest BCUT2D eigenvalue weighted by Gasteiger charge is -1.90. The van der Waals surface area contributed by atoms with Gasteiger partial charge in [0.1, 0.15) is 14.1 Å². The fraction of sp³-hybridized carbons (Fsp3) is 0. The Kier molecular flexibility index (Phi) is 1.95. The molecule has 3 N–H and O–H groups in total. The van der Waals surface area contributed by atoms with E-state index in [9.17, 15) is 13.0 Å². The van der Waals surface area contributed by atoms with Crippen LogP contribution in [0.1, 0.15) is 0 Å². The van der Waals surface area contributed by atoms with Gasteiger partial charge in [-0.3, -0.25) is 0 Å². The van der Waals surface area contributed by atoms with Gasteiger partial charge in [0, 0.05) is 6.07 Å². The number of halogens is 2. The van der Waals surface area contributed by atoms with Crippen LogP contribution in [0.15, 0.2) is 10.3 Å². The van der Waals surface area contributed by atoms with Gasteiger partial charge < -0.3 is 0 Å². The fourth-order valence-electron chi connectivity index (χ4n) is 0.476. The quantitative estimate of drug-likeness (QED) is 0.701. The molecule has 0 saturated heterocycles. The van der Waals surface area contributed by atoms with Crippen LogP contribution < -0.4 is 5.14 Å². The highest BCUT2D eigenvalue weighted by Gasteiger charge is 2.13. The van der Waals surface area contributed by atoms with Crippen LogP contribution in [0.3, 0.4) is 0 Å². The Labute approximate surface area is 65.9 Å². The van der Waals surface area contributed by atoms with Crippen LogP contribution in [0.5, 0.6) is 0 Å². The SMILES string of the molecule is N=S(N)(=O)c1cc(F)c(F)s1. The van der Waals surface area contributed by atoms with Crippen molar-refractivity contribution in [1.82, 2.24) is 0 Å². The molecule has 0 fully saturated rings. The van der Waals surface area contributed by atoms with E-state index in [4.69, 9.17) is 9.92 Å². The standard InChI is InChI=1S/C4H4F2N2OS2/c5-2-1-3(10-4(2)6)11(7,8)9/h1H,(H3,7,8,9). The molecular weight excluding hydrogens is 194 g/mol. The maximum Gasteiger partial charge on any atom is 0.213 e. The zero-order chi connectivity index (χ0) is 8.65. The van der Waals surface area contributed by atoms with Crippen molar-refractivity contribution < 1.29 is 13.0 Å². The Morgan fingerprint density at radius 2 is 2.18 bits per heavy atom. The van der Waals surface area contributed by atoms with Gasteiger partial charge in [0.15, 0.2) is 5.82 Å². The lowest BCUT2D eigenvalue weighted by atomic mass is 10.6. The summed E-state index contributed by atoms with van der Waals surface area (Å²) in [6.07, 6.45) is 0. The molecule has 7 heteroatoms. The van der Waals surface area contributed by atoms with Gasteiger partial charge in [-0.2, -0.15) is 4.39 Å². The third kappa shape index (κ3) is 1.73. The Morgan fingerprint density at radius 1 is 1.64 bits per heavy atom. The molecule has 0 saturated carbocycles. The van der Waals surface area contributed by atoms with E-state index in [1.54, 1.807) is 0 Å². The van der Waals surface area contributed by atoms with Crippen LogP contribution in [0.2, 0.25) is 0 Å². The average Bonchev–Trinajstić information content (AvgIpc) is 2.11. The number of thiophene rings is 1. The molecule has 0 aromatic carbocycles. The third-order valence-electron chi connectivity index (χ3n) is 0.921. The highest BCUT2D eigenvalue weighted by molar-refractivity contribution is 7.92. The second-order valence-corrected chi connectivity index (χ2v) is 4.69. The molecule has 0 aliphatic heterocycles. The first-order valence-corrected chi connectivity index (χ1v) is 4.86. The second kappa shape index (κ2) is 2.50. The zero-order valence-electron chi connectivity index (χ0n) is 5.14. The molecule has 11 heavy (non-hydrogen) atoms. The first-order chi connectivity index (χ1) is 4.91. The molecule has 1 aromatic rings. The lowest BCUT2D eigenvalue weighted by molar-refractivity contribution is 0.530. The minimum atomic E-state index is -3.47. The molecule has 62 valence electrons. The van der Waals surface area contributed by atoms with Crippen molar-refractivity contribution in [3.8, 4) is 0 Å². The number of hydrogen-bond acceptors (Lipinski definition) is 3. The van der Waals surface area contributed by atoms with Crippen molar-refractivity contribution in [3.05, 3.63) is 17.0 Å². The van der Waals surface area contributed by atoms with Gasteiger partial charge in [0.05, 0.1) is 0 Å². The second-order valence-electron chi connectivity index (χ2n) is 1.79. The van der Waals surface area contributed by atoms with Crippen LogP contribution in [0.25, 0.3) is 0 Å². The van der Waals surface area contributed by atoms with Crippen molar-refractivity contribution in [2.24, 2.45) is 5.14 Å². The number of nitrogens with two attached hydrogens (primary N) is 1. The first kappa shape index (κ1) is 8.57. The summed E-state index contributed by atoms with van der Waals surface area (Å²) in [5, 5.41) is 3.72. The molecule has 1 unspecified atom stereocenters. The topological polar surface area (TPSA) is 66.9 Å². The molecule has 0 amide bonds. The minimum Gasteiger partial charge on any atom is -0.241 e. The Morgan fingerprint density at radius 3 is 2.36 bits per heavy atom. The summed E-state index contributed by atoms with van der Waals surface area (Å²) in [6.45, 7) is 0. The molecule has 0 spiro atoms. The van der Waals surface area contributed by atoms with E-state index in [1.807, 2.05) is 0 Å². The van der Waals surface area contributed by atoms with E-state index in [0.717, 1.165) is 0 Å². The summed E-state index contributed by atoms with van der Waals surface area (Å²) in [6, 6.07) is 0.676. The van der Waals surface area contributed by atoms with Gasteiger partial charge in [-0.15, -0.1) is 0 Å². The highest BCUT2D eigenvalue weighted by atomic mass is 32.2. The largest absolute Gasteiger partial charge is 0.241 e. The molecule has 0 radical (unpaired) electrons. The maximum absolute atomic E-state index is 12.2. The van der Waals surface area contributed by atoms with Crippen molar-refractivity contribution in [2.45, 2.75) is 4.21 Å². The van der Waals surface area contributed by atoms with Crippen molar-refractivity contribution in [2.75, 3.05) is 0 Å². The lowest BCUT2D eigenvalue weighted by Crippen LogP contribution is -2.07. The van der Waals surface area contributed by atoms with E-state index in [0.29, 0.717) is 17.4 Å². The number of hydrogen-bond donors (Lipinski definition) is 2. The molecule has 0 aliphatic rings. The maximum atomic E-state index is 12.2.